The van der Waals surface area contributed by atoms with Crippen LogP contribution < -0.4 is 4.90 Å². The van der Waals surface area contributed by atoms with Crippen LogP contribution in [-0.2, 0) is 11.3 Å². The Morgan fingerprint density at radius 3 is 2.78 bits per heavy atom. The molecular weight excluding hydrogens is 464 g/mol. The van der Waals surface area contributed by atoms with E-state index in [0.717, 1.165) is 46.1 Å². The van der Waals surface area contributed by atoms with E-state index in [-0.39, 0.29) is 18.4 Å². The van der Waals surface area contributed by atoms with Crippen LogP contribution in [0.2, 0.25) is 0 Å². The highest BCUT2D eigenvalue weighted by atomic mass is 16.3. The maximum atomic E-state index is 12.9. The largest absolute Gasteiger partial charge is 0.395 e. The van der Waals surface area contributed by atoms with Crippen molar-refractivity contribution in [3.8, 4) is 34.4 Å². The second-order valence-corrected chi connectivity index (χ2v) is 9.93. The second-order valence-electron chi connectivity index (χ2n) is 9.93. The molecule has 0 unspecified atom stereocenters. The quantitative estimate of drug-likeness (QED) is 0.392. The van der Waals surface area contributed by atoms with Crippen LogP contribution in [0.1, 0.15) is 17.5 Å². The summed E-state index contributed by atoms with van der Waals surface area (Å²) in [6.45, 7) is 2.86. The molecule has 4 heterocycles. The highest BCUT2D eigenvalue weighted by molar-refractivity contribution is 5.96. The van der Waals surface area contributed by atoms with Gasteiger partial charge in [0.15, 0.2) is 5.82 Å². The summed E-state index contributed by atoms with van der Waals surface area (Å²) in [6.07, 6.45) is 6.44. The molecule has 0 bridgehead atoms. The standard InChI is InChI=1S/C29H28N6O2/c1-32(10-11-36)16-21-12-28(37)35(17-21)25-6-7-26-24(13-25)19-33-18-23(22-4-2-20(15-30)3-5-22)14-27(33)29-31-8-9-34(26)29/h2-9,13-14,18,21,36H,10-12,16-17,19H2,1H3/t21-/m1/s1. The zero-order valence-corrected chi connectivity index (χ0v) is 20.7. The average Bonchev–Trinajstić information content (AvgIpc) is 3.61. The van der Waals surface area contributed by atoms with Gasteiger partial charge in [0.05, 0.1) is 29.6 Å². The number of aromatic nitrogens is 3. The molecule has 8 nitrogen and oxygen atoms in total. The minimum absolute atomic E-state index is 0.121. The number of carbonyl (C=O) groups excluding carboxylic acids is 1. The van der Waals surface area contributed by atoms with Gasteiger partial charge in [-0.25, -0.2) is 4.98 Å². The van der Waals surface area contributed by atoms with Crippen LogP contribution in [0.15, 0.2) is 67.1 Å². The van der Waals surface area contributed by atoms with Crippen molar-refractivity contribution in [2.75, 3.05) is 38.2 Å². The molecular formula is C29H28N6O2. The lowest BCUT2D eigenvalue weighted by Crippen LogP contribution is -2.30. The molecule has 0 radical (unpaired) electrons. The van der Waals surface area contributed by atoms with Crippen molar-refractivity contribution in [1.29, 1.82) is 5.26 Å². The molecule has 1 N–H and O–H groups in total. The van der Waals surface area contributed by atoms with Gasteiger partial charge in [0.2, 0.25) is 5.91 Å². The number of likely N-dealkylation sites (N-methyl/N-ethyl adjacent to an activating group) is 1. The lowest BCUT2D eigenvalue weighted by Gasteiger charge is -2.21. The molecule has 0 spiro atoms. The summed E-state index contributed by atoms with van der Waals surface area (Å²) in [6, 6.07) is 18.2. The van der Waals surface area contributed by atoms with Gasteiger partial charge in [0.1, 0.15) is 0 Å². The number of benzene rings is 2. The molecule has 1 saturated heterocycles. The Morgan fingerprint density at radius 1 is 1.16 bits per heavy atom. The number of aliphatic hydroxyl groups excluding tert-OH is 1. The Kier molecular flexibility index (Phi) is 5.87. The maximum absolute atomic E-state index is 12.9. The summed E-state index contributed by atoms with van der Waals surface area (Å²) < 4.78 is 4.32. The molecule has 2 aromatic heterocycles. The normalized spacial score (nSPS) is 16.3. The number of imidazole rings is 1. The molecule has 0 saturated carbocycles. The van der Waals surface area contributed by atoms with Crippen LogP contribution in [0.4, 0.5) is 5.69 Å². The van der Waals surface area contributed by atoms with Gasteiger partial charge < -0.3 is 19.5 Å². The van der Waals surface area contributed by atoms with Crippen molar-refractivity contribution < 1.29 is 9.90 Å². The monoisotopic (exact) mass is 492 g/mol. The van der Waals surface area contributed by atoms with E-state index in [1.165, 1.54) is 0 Å². The molecule has 8 heteroatoms. The van der Waals surface area contributed by atoms with Gasteiger partial charge in [-0.2, -0.15) is 5.26 Å². The van der Waals surface area contributed by atoms with E-state index in [1.807, 2.05) is 54.7 Å². The smallest absolute Gasteiger partial charge is 0.227 e. The third-order valence-corrected chi connectivity index (χ3v) is 7.35. The summed E-state index contributed by atoms with van der Waals surface area (Å²) in [5, 5.41) is 18.3. The van der Waals surface area contributed by atoms with Gasteiger partial charge in [-0.15, -0.1) is 0 Å². The molecule has 2 aliphatic rings. The highest BCUT2D eigenvalue weighted by Gasteiger charge is 2.32. The Labute approximate surface area is 215 Å². The van der Waals surface area contributed by atoms with Gasteiger partial charge in [-0.05, 0) is 60.5 Å². The Morgan fingerprint density at radius 2 is 2.00 bits per heavy atom. The molecule has 6 rings (SSSR count). The van der Waals surface area contributed by atoms with Gasteiger partial charge >= 0.3 is 0 Å². The molecule has 1 fully saturated rings. The number of hydrogen-bond donors (Lipinski definition) is 1. The van der Waals surface area contributed by atoms with E-state index in [0.29, 0.717) is 31.6 Å². The number of fused-ring (bicyclic) bond motifs is 5. The van der Waals surface area contributed by atoms with E-state index >= 15 is 0 Å². The minimum atomic E-state index is 0.121. The fourth-order valence-electron chi connectivity index (χ4n) is 5.55. The first-order valence-corrected chi connectivity index (χ1v) is 12.5. The predicted molar refractivity (Wildman–Crippen MR) is 141 cm³/mol. The van der Waals surface area contributed by atoms with Crippen molar-refractivity contribution in [3.63, 3.8) is 0 Å². The van der Waals surface area contributed by atoms with Crippen molar-refractivity contribution in [3.05, 3.63) is 78.2 Å². The summed E-state index contributed by atoms with van der Waals surface area (Å²) in [4.78, 5) is 21.6. The Balaban J connectivity index is 1.33. The molecule has 0 aliphatic carbocycles. The van der Waals surface area contributed by atoms with E-state index in [1.54, 1.807) is 0 Å². The first kappa shape index (κ1) is 23.2. The van der Waals surface area contributed by atoms with E-state index < -0.39 is 0 Å². The number of hydrogen-bond acceptors (Lipinski definition) is 5. The van der Waals surface area contributed by atoms with Crippen molar-refractivity contribution in [2.45, 2.75) is 13.0 Å². The molecule has 1 amide bonds. The molecule has 186 valence electrons. The second kappa shape index (κ2) is 9.36. The van der Waals surface area contributed by atoms with Crippen LogP contribution >= 0.6 is 0 Å². The summed E-state index contributed by atoms with van der Waals surface area (Å²) in [5.41, 5.74) is 6.87. The van der Waals surface area contributed by atoms with Crippen molar-refractivity contribution >= 4 is 11.6 Å². The topological polar surface area (TPSA) is 90.3 Å². The summed E-state index contributed by atoms with van der Waals surface area (Å²) >= 11 is 0. The van der Waals surface area contributed by atoms with Gasteiger partial charge in [0.25, 0.3) is 0 Å². The number of nitriles is 1. The van der Waals surface area contributed by atoms with Crippen LogP contribution in [0.3, 0.4) is 0 Å². The predicted octanol–water partition coefficient (Wildman–Crippen LogP) is 3.52. The Hall–Kier alpha value is -4.19. The first-order chi connectivity index (χ1) is 18.0. The number of nitrogens with zero attached hydrogens (tertiary/aromatic N) is 6. The van der Waals surface area contributed by atoms with Gasteiger partial charge in [-0.1, -0.05) is 12.1 Å². The number of anilines is 1. The molecule has 2 aliphatic heterocycles. The minimum Gasteiger partial charge on any atom is -0.395 e. The number of rotatable bonds is 6. The summed E-state index contributed by atoms with van der Waals surface area (Å²) in [7, 11) is 1.98. The summed E-state index contributed by atoms with van der Waals surface area (Å²) in [5.74, 6) is 1.26. The van der Waals surface area contributed by atoms with E-state index in [9.17, 15) is 9.90 Å². The number of carbonyl (C=O) groups is 1. The lowest BCUT2D eigenvalue weighted by atomic mass is 10.1. The van der Waals surface area contributed by atoms with E-state index in [4.69, 9.17) is 5.26 Å². The fourth-order valence-corrected chi connectivity index (χ4v) is 5.55. The van der Waals surface area contributed by atoms with Gasteiger partial charge in [-0.3, -0.25) is 9.36 Å². The van der Waals surface area contributed by atoms with Crippen molar-refractivity contribution in [2.24, 2.45) is 5.92 Å². The fraction of sp³-hybridized carbons (Fsp3) is 0.276. The third-order valence-electron chi connectivity index (χ3n) is 7.35. The van der Waals surface area contributed by atoms with E-state index in [2.05, 4.69) is 49.5 Å². The average molecular weight is 493 g/mol. The maximum Gasteiger partial charge on any atom is 0.227 e. The number of aliphatic hydroxyl groups is 1. The SMILES string of the molecule is CN(CCO)C[C@H]1CC(=O)N(c2ccc3c(c2)Cn2cc(-c4ccc(C#N)cc4)cc2-c2nccn2-3)C1. The van der Waals surface area contributed by atoms with Crippen LogP contribution in [0.25, 0.3) is 28.3 Å². The molecule has 37 heavy (non-hydrogen) atoms. The van der Waals surface area contributed by atoms with Gasteiger partial charge in [0, 0.05) is 62.4 Å². The lowest BCUT2D eigenvalue weighted by molar-refractivity contribution is -0.117. The van der Waals surface area contributed by atoms with Crippen LogP contribution in [0, 0.1) is 17.2 Å². The number of amides is 1. The Bertz CT molecular complexity index is 1510. The van der Waals surface area contributed by atoms with Crippen LogP contribution in [0.5, 0.6) is 0 Å². The zero-order valence-electron chi connectivity index (χ0n) is 20.7. The molecule has 1 atom stereocenters. The zero-order chi connectivity index (χ0) is 25.5. The van der Waals surface area contributed by atoms with Crippen LogP contribution in [-0.4, -0.2) is 63.3 Å². The molecule has 4 aromatic rings. The third kappa shape index (κ3) is 4.22. The highest BCUT2D eigenvalue weighted by Crippen LogP contribution is 2.36. The van der Waals surface area contributed by atoms with Crippen molar-refractivity contribution in [1.82, 2.24) is 19.0 Å². The molecule has 2 aromatic carbocycles. The first-order valence-electron chi connectivity index (χ1n) is 12.5.